The van der Waals surface area contributed by atoms with Gasteiger partial charge in [-0.15, -0.1) is 0 Å². The Morgan fingerprint density at radius 2 is 1.34 bits per heavy atom. The van der Waals surface area contributed by atoms with Gasteiger partial charge in [0.25, 0.3) is 0 Å². The van der Waals surface area contributed by atoms with E-state index >= 15 is 0 Å². The number of halogens is 9. The molecule has 0 radical (unpaired) electrons. The number of anilines is 1. The first-order chi connectivity index (χ1) is 17.4. The van der Waals surface area contributed by atoms with Crippen LogP contribution >= 0.6 is 0 Å². The van der Waals surface area contributed by atoms with Gasteiger partial charge in [-0.2, -0.15) is 43.8 Å². The first-order valence-electron chi connectivity index (χ1n) is 10.9. The topological polar surface area (TPSA) is 78.5 Å². The molecule has 0 atom stereocenters. The minimum Gasteiger partial charge on any atom is -0.325 e. The number of benzene rings is 2. The van der Waals surface area contributed by atoms with Crippen molar-refractivity contribution >= 4 is 21.6 Å². The minimum absolute atomic E-state index is 0.0743. The number of nitrogens with one attached hydrogen (secondary N) is 2. The number of sulfonamides is 1. The Morgan fingerprint density at radius 3 is 1.84 bits per heavy atom. The Kier molecular flexibility index (Phi) is 8.38. The van der Waals surface area contributed by atoms with E-state index in [4.69, 9.17) is 0 Å². The smallest absolute Gasteiger partial charge is 0.325 e. The summed E-state index contributed by atoms with van der Waals surface area (Å²) in [4.78, 5) is 11.6. The molecule has 0 unspecified atom stereocenters. The van der Waals surface area contributed by atoms with Crippen LogP contribution in [0.5, 0.6) is 0 Å². The fourth-order valence-corrected chi connectivity index (χ4v) is 5.27. The molecule has 1 saturated heterocycles. The highest BCUT2D eigenvalue weighted by atomic mass is 32.2. The van der Waals surface area contributed by atoms with Crippen molar-refractivity contribution < 1.29 is 52.7 Å². The van der Waals surface area contributed by atoms with Gasteiger partial charge in [-0.3, -0.25) is 4.79 Å². The van der Waals surface area contributed by atoms with Gasteiger partial charge < -0.3 is 10.6 Å². The molecule has 0 aliphatic carbocycles. The van der Waals surface area contributed by atoms with Crippen LogP contribution in [0.2, 0.25) is 0 Å². The zero-order chi connectivity index (χ0) is 28.5. The number of hydrogen-bond donors (Lipinski definition) is 2. The number of hydrogen-bond acceptors (Lipinski definition) is 4. The van der Waals surface area contributed by atoms with Gasteiger partial charge >= 0.3 is 18.5 Å². The molecule has 1 fully saturated rings. The second-order valence-corrected chi connectivity index (χ2v) is 10.4. The second-order valence-electron chi connectivity index (χ2n) is 8.43. The van der Waals surface area contributed by atoms with E-state index in [9.17, 15) is 52.7 Å². The lowest BCUT2D eigenvalue weighted by Gasteiger charge is -2.31. The maximum atomic E-state index is 13.0. The van der Waals surface area contributed by atoms with Crippen LogP contribution in [0.15, 0.2) is 47.4 Å². The third-order valence-electron chi connectivity index (χ3n) is 5.68. The minimum atomic E-state index is -5.08. The summed E-state index contributed by atoms with van der Waals surface area (Å²) < 4.78 is 143. The summed E-state index contributed by atoms with van der Waals surface area (Å²) in [7, 11) is -4.23. The van der Waals surface area contributed by atoms with Gasteiger partial charge in [0.15, 0.2) is 0 Å². The molecule has 2 aromatic rings. The summed E-state index contributed by atoms with van der Waals surface area (Å²) in [5.74, 6) is -0.934. The number of carbonyl (C=O) groups excluding carboxylic acids is 1. The van der Waals surface area contributed by atoms with Gasteiger partial charge in [-0.1, -0.05) is 6.07 Å². The number of rotatable bonds is 6. The second kappa shape index (κ2) is 10.7. The molecule has 16 heteroatoms. The fraction of sp³-hybridized carbons (Fsp3) is 0.409. The molecular formula is C22H20F9N3O3S. The summed E-state index contributed by atoms with van der Waals surface area (Å²) in [6.45, 7) is -0.691. The van der Waals surface area contributed by atoms with E-state index in [1.165, 1.54) is 0 Å². The van der Waals surface area contributed by atoms with Crippen molar-refractivity contribution in [3.05, 3.63) is 59.2 Å². The largest absolute Gasteiger partial charge is 0.416 e. The van der Waals surface area contributed by atoms with Gasteiger partial charge in [0, 0.05) is 24.8 Å². The zero-order valence-electron chi connectivity index (χ0n) is 19.1. The summed E-state index contributed by atoms with van der Waals surface area (Å²) >= 11 is 0. The number of carbonyl (C=O) groups is 1. The van der Waals surface area contributed by atoms with Crippen molar-refractivity contribution in [1.82, 2.24) is 9.62 Å². The Labute approximate surface area is 210 Å². The van der Waals surface area contributed by atoms with E-state index in [-0.39, 0.29) is 32.0 Å². The molecule has 0 spiro atoms. The lowest BCUT2D eigenvalue weighted by atomic mass is 10.1. The maximum Gasteiger partial charge on any atom is 0.416 e. The van der Waals surface area contributed by atoms with Crippen molar-refractivity contribution in [3.63, 3.8) is 0 Å². The molecular weight excluding hydrogens is 557 g/mol. The molecule has 2 aromatic carbocycles. The normalized spacial score (nSPS) is 16.4. The number of piperidine rings is 1. The highest BCUT2D eigenvalue weighted by Crippen LogP contribution is 2.37. The molecule has 38 heavy (non-hydrogen) atoms. The predicted octanol–water partition coefficient (Wildman–Crippen LogP) is 5.12. The first kappa shape index (κ1) is 29.7. The van der Waals surface area contributed by atoms with Crippen molar-refractivity contribution in [2.45, 2.75) is 42.3 Å². The van der Waals surface area contributed by atoms with Crippen molar-refractivity contribution in [2.75, 3.05) is 25.0 Å². The van der Waals surface area contributed by atoms with Crippen LogP contribution in [0.25, 0.3) is 0 Å². The highest BCUT2D eigenvalue weighted by Gasteiger charge is 2.37. The molecule has 2 N–H and O–H groups in total. The average molecular weight is 577 g/mol. The van der Waals surface area contributed by atoms with Crippen molar-refractivity contribution in [1.29, 1.82) is 0 Å². The van der Waals surface area contributed by atoms with Crippen LogP contribution in [-0.4, -0.2) is 44.3 Å². The van der Waals surface area contributed by atoms with E-state index in [0.29, 0.717) is 18.2 Å². The monoisotopic (exact) mass is 577 g/mol. The molecule has 3 rings (SSSR count). The van der Waals surface area contributed by atoms with Crippen molar-refractivity contribution in [3.8, 4) is 0 Å². The van der Waals surface area contributed by atoms with Crippen LogP contribution in [0.1, 0.15) is 29.5 Å². The Bertz CT molecular complexity index is 1240. The Hall–Kier alpha value is -2.85. The summed E-state index contributed by atoms with van der Waals surface area (Å²) in [5, 5.41) is 4.72. The molecule has 0 saturated carbocycles. The van der Waals surface area contributed by atoms with Gasteiger partial charge in [0.2, 0.25) is 15.9 Å². The number of amides is 1. The zero-order valence-corrected chi connectivity index (χ0v) is 20.0. The van der Waals surface area contributed by atoms with Crippen LogP contribution in [0.3, 0.4) is 0 Å². The van der Waals surface area contributed by atoms with E-state index in [2.05, 4.69) is 5.32 Å². The van der Waals surface area contributed by atoms with Gasteiger partial charge in [0.05, 0.1) is 28.1 Å². The summed E-state index contributed by atoms with van der Waals surface area (Å²) in [6.07, 6.45) is -14.6. The standard InChI is InChI=1S/C22H20F9N3O3S/c23-20(24,25)13-2-1-3-18(11-13)38(36,37)34-6-4-16(5-7-34)32-12-19(35)33-17-9-14(21(26,27)28)8-15(10-17)22(29,30)31/h1-3,8-11,16,32H,4-7,12H2,(H,33,35). The summed E-state index contributed by atoms with van der Waals surface area (Å²) in [5.41, 5.74) is -5.01. The quantitative estimate of drug-likeness (QED) is 0.468. The van der Waals surface area contributed by atoms with Gasteiger partial charge in [0.1, 0.15) is 0 Å². The number of alkyl halides is 9. The first-order valence-corrected chi connectivity index (χ1v) is 12.3. The molecule has 1 amide bonds. The predicted molar refractivity (Wildman–Crippen MR) is 116 cm³/mol. The lowest BCUT2D eigenvalue weighted by molar-refractivity contribution is -0.143. The Balaban J connectivity index is 1.58. The van der Waals surface area contributed by atoms with Crippen LogP contribution in [0, 0.1) is 0 Å². The third kappa shape index (κ3) is 7.38. The molecule has 1 aliphatic rings. The molecule has 210 valence electrons. The van der Waals surface area contributed by atoms with E-state index < -0.39 is 74.3 Å². The van der Waals surface area contributed by atoms with Crippen LogP contribution in [-0.2, 0) is 33.3 Å². The number of nitrogens with zero attached hydrogens (tertiary/aromatic N) is 1. The summed E-state index contributed by atoms with van der Waals surface area (Å²) in [6, 6.07) is 3.50. The maximum absolute atomic E-state index is 13.0. The molecule has 1 heterocycles. The average Bonchev–Trinajstić information content (AvgIpc) is 2.81. The van der Waals surface area contributed by atoms with Crippen LogP contribution in [0.4, 0.5) is 45.2 Å². The van der Waals surface area contributed by atoms with E-state index in [0.717, 1.165) is 22.5 Å². The molecule has 1 aliphatic heterocycles. The lowest BCUT2D eigenvalue weighted by Crippen LogP contribution is -2.46. The van der Waals surface area contributed by atoms with E-state index in [1.807, 2.05) is 5.32 Å². The van der Waals surface area contributed by atoms with Gasteiger partial charge in [-0.25, -0.2) is 8.42 Å². The molecule has 0 bridgehead atoms. The van der Waals surface area contributed by atoms with E-state index in [1.54, 1.807) is 0 Å². The fourth-order valence-electron chi connectivity index (χ4n) is 3.75. The van der Waals surface area contributed by atoms with Crippen molar-refractivity contribution in [2.24, 2.45) is 0 Å². The SMILES string of the molecule is O=C(CNC1CCN(S(=O)(=O)c2cccc(C(F)(F)F)c2)CC1)Nc1cc(C(F)(F)F)cc(C(F)(F)F)c1. The Morgan fingerprint density at radius 1 is 0.816 bits per heavy atom. The molecule has 6 nitrogen and oxygen atoms in total. The van der Waals surface area contributed by atoms with Crippen LogP contribution < -0.4 is 10.6 Å². The van der Waals surface area contributed by atoms with Gasteiger partial charge in [-0.05, 0) is 49.2 Å². The third-order valence-corrected chi connectivity index (χ3v) is 7.57. The highest BCUT2D eigenvalue weighted by molar-refractivity contribution is 7.89. The molecule has 0 aromatic heterocycles.